The molecule has 3 rings (SSSR count). The molecule has 0 fully saturated rings. The zero-order chi connectivity index (χ0) is 14.3. The monoisotopic (exact) mass is 271 g/mol. The molecule has 0 aromatic carbocycles. The Morgan fingerprint density at radius 2 is 2.20 bits per heavy atom. The molecule has 108 valence electrons. The third kappa shape index (κ3) is 2.14. The highest BCUT2D eigenvalue weighted by Gasteiger charge is 2.33. The van der Waals surface area contributed by atoms with Crippen molar-refractivity contribution in [3.63, 3.8) is 0 Å². The highest BCUT2D eigenvalue weighted by Crippen LogP contribution is 2.39. The summed E-state index contributed by atoms with van der Waals surface area (Å²) in [6.07, 6.45) is 6.93. The van der Waals surface area contributed by atoms with Crippen molar-refractivity contribution in [2.24, 2.45) is 17.1 Å². The number of aromatic nitrogens is 2. The minimum atomic E-state index is 0.410. The average molecular weight is 271 g/mol. The Balaban J connectivity index is 2.03. The number of hydrogen-bond acceptors (Lipinski definition) is 2. The van der Waals surface area contributed by atoms with E-state index in [2.05, 4.69) is 43.5 Å². The summed E-state index contributed by atoms with van der Waals surface area (Å²) in [6, 6.07) is 4.18. The third-order valence-electron chi connectivity index (χ3n) is 5.28. The number of nitrogens with two attached hydrogens (primary N) is 1. The van der Waals surface area contributed by atoms with Crippen LogP contribution in [0.2, 0.25) is 0 Å². The molecule has 2 N–H and O–H groups in total. The SMILES string of the molecule is CCC(C)(C)C1CCc2nc3ccc(CN)cn3c2C1. The van der Waals surface area contributed by atoms with Crippen LogP contribution in [0.25, 0.3) is 5.65 Å². The van der Waals surface area contributed by atoms with E-state index in [9.17, 15) is 0 Å². The van der Waals surface area contributed by atoms with Crippen LogP contribution in [0, 0.1) is 11.3 Å². The highest BCUT2D eigenvalue weighted by molar-refractivity contribution is 5.45. The van der Waals surface area contributed by atoms with Crippen molar-refractivity contribution in [2.45, 2.75) is 53.0 Å². The van der Waals surface area contributed by atoms with E-state index in [1.807, 2.05) is 0 Å². The lowest BCUT2D eigenvalue weighted by atomic mass is 9.70. The topological polar surface area (TPSA) is 43.3 Å². The van der Waals surface area contributed by atoms with Crippen molar-refractivity contribution in [3.05, 3.63) is 35.3 Å². The molecule has 20 heavy (non-hydrogen) atoms. The van der Waals surface area contributed by atoms with Crippen molar-refractivity contribution >= 4 is 5.65 Å². The fraction of sp³-hybridized carbons (Fsp3) is 0.588. The van der Waals surface area contributed by atoms with Crippen molar-refractivity contribution < 1.29 is 0 Å². The van der Waals surface area contributed by atoms with Crippen molar-refractivity contribution in [1.82, 2.24) is 9.38 Å². The van der Waals surface area contributed by atoms with E-state index in [4.69, 9.17) is 10.7 Å². The molecule has 0 spiro atoms. The van der Waals surface area contributed by atoms with Gasteiger partial charge in [-0.25, -0.2) is 4.98 Å². The smallest absolute Gasteiger partial charge is 0.137 e. The zero-order valence-corrected chi connectivity index (χ0v) is 12.8. The summed E-state index contributed by atoms with van der Waals surface area (Å²) in [5.41, 5.74) is 11.1. The van der Waals surface area contributed by atoms with Gasteiger partial charge >= 0.3 is 0 Å². The van der Waals surface area contributed by atoms with Crippen LogP contribution in [0.5, 0.6) is 0 Å². The van der Waals surface area contributed by atoms with E-state index in [0.717, 1.165) is 24.4 Å². The van der Waals surface area contributed by atoms with E-state index in [-0.39, 0.29) is 0 Å². The molecule has 0 radical (unpaired) electrons. The first kappa shape index (κ1) is 13.6. The number of pyridine rings is 1. The van der Waals surface area contributed by atoms with Gasteiger partial charge in [-0.3, -0.25) is 0 Å². The van der Waals surface area contributed by atoms with Gasteiger partial charge in [-0.1, -0.05) is 33.3 Å². The van der Waals surface area contributed by atoms with E-state index in [1.165, 1.54) is 29.8 Å². The maximum atomic E-state index is 5.77. The van der Waals surface area contributed by atoms with Gasteiger partial charge in [0.15, 0.2) is 0 Å². The summed E-state index contributed by atoms with van der Waals surface area (Å²) in [4.78, 5) is 4.79. The molecule has 2 aromatic rings. The second-order valence-electron chi connectivity index (χ2n) is 6.76. The third-order valence-corrected chi connectivity index (χ3v) is 5.28. The van der Waals surface area contributed by atoms with E-state index >= 15 is 0 Å². The molecule has 2 aromatic heterocycles. The lowest BCUT2D eigenvalue weighted by molar-refractivity contribution is 0.180. The number of fused-ring (bicyclic) bond motifs is 3. The van der Waals surface area contributed by atoms with Crippen molar-refractivity contribution in [1.29, 1.82) is 0 Å². The average Bonchev–Trinajstić information content (AvgIpc) is 2.83. The zero-order valence-electron chi connectivity index (χ0n) is 12.8. The lowest BCUT2D eigenvalue weighted by Gasteiger charge is -2.36. The normalized spacial score (nSPS) is 19.3. The second kappa shape index (κ2) is 4.88. The molecule has 1 unspecified atom stereocenters. The van der Waals surface area contributed by atoms with E-state index in [1.54, 1.807) is 0 Å². The summed E-state index contributed by atoms with van der Waals surface area (Å²) >= 11 is 0. The maximum absolute atomic E-state index is 5.77. The largest absolute Gasteiger partial charge is 0.326 e. The van der Waals surface area contributed by atoms with E-state index < -0.39 is 0 Å². The van der Waals surface area contributed by atoms with Crippen LogP contribution in [0.1, 0.15) is 50.6 Å². The Hall–Kier alpha value is -1.35. The molecular formula is C17H25N3. The van der Waals surface area contributed by atoms with Gasteiger partial charge in [-0.2, -0.15) is 0 Å². The van der Waals surface area contributed by atoms with Crippen LogP contribution in [-0.2, 0) is 19.4 Å². The van der Waals surface area contributed by atoms with Crippen LogP contribution in [0.15, 0.2) is 18.3 Å². The molecule has 0 amide bonds. The van der Waals surface area contributed by atoms with Crippen LogP contribution in [-0.4, -0.2) is 9.38 Å². The van der Waals surface area contributed by atoms with Crippen LogP contribution < -0.4 is 5.73 Å². The van der Waals surface area contributed by atoms with Gasteiger partial charge in [0, 0.05) is 18.4 Å². The molecule has 0 bridgehead atoms. The van der Waals surface area contributed by atoms with Crippen LogP contribution in [0.4, 0.5) is 0 Å². The number of imidazole rings is 1. The Bertz CT molecular complexity index is 624. The van der Waals surface area contributed by atoms with Gasteiger partial charge in [0.2, 0.25) is 0 Å². The first-order chi connectivity index (χ1) is 9.55. The van der Waals surface area contributed by atoms with Crippen LogP contribution >= 0.6 is 0 Å². The first-order valence-corrected chi connectivity index (χ1v) is 7.74. The molecule has 0 saturated carbocycles. The lowest BCUT2D eigenvalue weighted by Crippen LogP contribution is -2.29. The fourth-order valence-corrected chi connectivity index (χ4v) is 3.33. The summed E-state index contributed by atoms with van der Waals surface area (Å²) in [6.45, 7) is 7.69. The number of rotatable bonds is 3. The van der Waals surface area contributed by atoms with Gasteiger partial charge in [-0.15, -0.1) is 0 Å². The number of aryl methyl sites for hydroxylation is 1. The summed E-state index contributed by atoms with van der Waals surface area (Å²) in [7, 11) is 0. The second-order valence-corrected chi connectivity index (χ2v) is 6.76. The van der Waals surface area contributed by atoms with Gasteiger partial charge < -0.3 is 10.1 Å². The quantitative estimate of drug-likeness (QED) is 0.930. The van der Waals surface area contributed by atoms with Gasteiger partial charge in [-0.05, 0) is 42.2 Å². The molecule has 3 heteroatoms. The van der Waals surface area contributed by atoms with Gasteiger partial charge in [0.05, 0.1) is 5.69 Å². The van der Waals surface area contributed by atoms with Gasteiger partial charge in [0.25, 0.3) is 0 Å². The van der Waals surface area contributed by atoms with Gasteiger partial charge in [0.1, 0.15) is 5.65 Å². The minimum Gasteiger partial charge on any atom is -0.326 e. The first-order valence-electron chi connectivity index (χ1n) is 7.74. The van der Waals surface area contributed by atoms with Crippen molar-refractivity contribution in [3.8, 4) is 0 Å². The Morgan fingerprint density at radius 1 is 1.40 bits per heavy atom. The molecule has 1 aliphatic rings. The molecule has 0 saturated heterocycles. The Labute approximate surface area is 121 Å². The molecule has 1 aliphatic carbocycles. The number of hydrogen-bond donors (Lipinski definition) is 1. The summed E-state index contributed by atoms with van der Waals surface area (Å²) < 4.78 is 2.27. The van der Waals surface area contributed by atoms with E-state index in [0.29, 0.717) is 12.0 Å². The molecular weight excluding hydrogens is 246 g/mol. The van der Waals surface area contributed by atoms with Crippen molar-refractivity contribution in [2.75, 3.05) is 0 Å². The molecule has 3 nitrogen and oxygen atoms in total. The minimum absolute atomic E-state index is 0.410. The Kier molecular flexibility index (Phi) is 3.33. The molecule has 0 aliphatic heterocycles. The number of nitrogens with zero attached hydrogens (tertiary/aromatic N) is 2. The maximum Gasteiger partial charge on any atom is 0.137 e. The predicted octanol–water partition coefficient (Wildman–Crippen LogP) is 3.33. The van der Waals surface area contributed by atoms with Crippen LogP contribution in [0.3, 0.4) is 0 Å². The Morgan fingerprint density at radius 3 is 2.90 bits per heavy atom. The molecule has 1 atom stereocenters. The summed E-state index contributed by atoms with van der Waals surface area (Å²) in [5, 5.41) is 0. The fourth-order valence-electron chi connectivity index (χ4n) is 3.33. The summed E-state index contributed by atoms with van der Waals surface area (Å²) in [5.74, 6) is 0.751. The molecule has 2 heterocycles. The highest BCUT2D eigenvalue weighted by atomic mass is 15.0. The standard InChI is InChI=1S/C17H25N3/c1-4-17(2,3)13-6-7-14-15(9-13)20-11-12(10-18)5-8-16(20)19-14/h5,8,11,13H,4,6-7,9-10,18H2,1-3H3. The predicted molar refractivity (Wildman–Crippen MR) is 82.7 cm³/mol.